The molecule has 0 amide bonds. The number of hydrogen-bond donors (Lipinski definition) is 1. The number of halogens is 1. The highest BCUT2D eigenvalue weighted by molar-refractivity contribution is 7.91. The summed E-state index contributed by atoms with van der Waals surface area (Å²) < 4.78 is 35.5. The quantitative estimate of drug-likeness (QED) is 0.289. The Labute approximate surface area is 209 Å². The summed E-state index contributed by atoms with van der Waals surface area (Å²) in [5.74, 6) is 0.587. The van der Waals surface area contributed by atoms with Gasteiger partial charge in [-0.25, -0.2) is 8.42 Å². The van der Waals surface area contributed by atoms with Gasteiger partial charge in [0.25, 0.3) is 0 Å². The Morgan fingerprint density at radius 3 is 2.57 bits per heavy atom. The van der Waals surface area contributed by atoms with Crippen molar-refractivity contribution in [3.8, 4) is 5.75 Å². The smallest absolute Gasteiger partial charge is 0.226 e. The number of fused-ring (bicyclic) bond motifs is 2. The van der Waals surface area contributed by atoms with Crippen molar-refractivity contribution < 1.29 is 13.2 Å². The summed E-state index contributed by atoms with van der Waals surface area (Å²) in [6, 6.07) is 25.6. The van der Waals surface area contributed by atoms with Gasteiger partial charge in [-0.3, -0.25) is 4.68 Å². The minimum absolute atomic E-state index is 0.00458. The number of rotatable bonds is 8. The largest absolute Gasteiger partial charge is 0.492 e. The standard InChI is InChI=1S/C27H24ClN3O3S/c1-29-14-15-34-22-12-13-25-24(17-22)27(30-31(25)18-19-6-4-9-21(28)16-19)35(32,33)26-11-5-8-20-7-2-3-10-23(20)26/h2-13,16-17,29H,14-15,18H2,1H3. The zero-order valence-corrected chi connectivity index (χ0v) is 20.7. The number of nitrogens with zero attached hydrogens (tertiary/aromatic N) is 2. The minimum Gasteiger partial charge on any atom is -0.492 e. The average molecular weight is 506 g/mol. The number of nitrogens with one attached hydrogen (secondary N) is 1. The number of benzene rings is 4. The maximum atomic E-state index is 14.0. The van der Waals surface area contributed by atoms with E-state index in [-0.39, 0.29) is 9.92 Å². The zero-order chi connectivity index (χ0) is 24.4. The molecule has 178 valence electrons. The predicted molar refractivity (Wildman–Crippen MR) is 139 cm³/mol. The fourth-order valence-electron chi connectivity index (χ4n) is 4.15. The lowest BCUT2D eigenvalue weighted by Gasteiger charge is -2.08. The molecule has 5 aromatic rings. The zero-order valence-electron chi connectivity index (χ0n) is 19.1. The van der Waals surface area contributed by atoms with E-state index in [4.69, 9.17) is 16.3 Å². The number of ether oxygens (including phenoxy) is 1. The molecule has 4 aromatic carbocycles. The van der Waals surface area contributed by atoms with Crippen LogP contribution in [0.25, 0.3) is 21.7 Å². The van der Waals surface area contributed by atoms with Gasteiger partial charge >= 0.3 is 0 Å². The second-order valence-corrected chi connectivity index (χ2v) is 10.5. The Hall–Kier alpha value is -3.39. The maximum Gasteiger partial charge on any atom is 0.226 e. The van der Waals surface area contributed by atoms with Crippen LogP contribution in [-0.4, -0.2) is 38.4 Å². The highest BCUT2D eigenvalue weighted by Gasteiger charge is 2.27. The van der Waals surface area contributed by atoms with E-state index in [9.17, 15) is 8.42 Å². The number of likely N-dealkylation sites (N-methyl/N-ethyl adjacent to an activating group) is 1. The monoisotopic (exact) mass is 505 g/mol. The van der Waals surface area contributed by atoms with E-state index in [1.807, 2.05) is 67.7 Å². The van der Waals surface area contributed by atoms with Gasteiger partial charge in [-0.05, 0) is 54.4 Å². The van der Waals surface area contributed by atoms with Gasteiger partial charge in [0.05, 0.1) is 17.0 Å². The van der Waals surface area contributed by atoms with Crippen molar-refractivity contribution in [1.29, 1.82) is 0 Å². The number of sulfone groups is 1. The molecule has 0 aliphatic rings. The van der Waals surface area contributed by atoms with Crippen molar-refractivity contribution in [2.75, 3.05) is 20.2 Å². The molecule has 0 spiro atoms. The molecule has 8 heteroatoms. The van der Waals surface area contributed by atoms with E-state index in [2.05, 4.69) is 10.4 Å². The highest BCUT2D eigenvalue weighted by Crippen LogP contribution is 2.34. The van der Waals surface area contributed by atoms with Crippen molar-refractivity contribution >= 4 is 43.1 Å². The second kappa shape index (κ2) is 9.70. The van der Waals surface area contributed by atoms with Crippen LogP contribution >= 0.6 is 11.6 Å². The van der Waals surface area contributed by atoms with Gasteiger partial charge in [-0.1, -0.05) is 60.1 Å². The fraction of sp³-hybridized carbons (Fsp3) is 0.148. The van der Waals surface area contributed by atoms with E-state index >= 15 is 0 Å². The van der Waals surface area contributed by atoms with E-state index in [1.165, 1.54) is 0 Å². The molecule has 1 aromatic heterocycles. The molecule has 0 aliphatic carbocycles. The summed E-state index contributed by atoms with van der Waals surface area (Å²) in [6.45, 7) is 1.51. The third kappa shape index (κ3) is 4.62. The Bertz CT molecular complexity index is 1620. The Balaban J connectivity index is 1.68. The van der Waals surface area contributed by atoms with E-state index < -0.39 is 9.84 Å². The molecule has 0 aliphatic heterocycles. The SMILES string of the molecule is CNCCOc1ccc2c(c1)c(S(=O)(=O)c1cccc3ccccc13)nn2Cc1cccc(Cl)c1. The predicted octanol–water partition coefficient (Wildman–Crippen LogP) is 5.32. The first kappa shape index (κ1) is 23.4. The van der Waals surface area contributed by atoms with E-state index in [0.717, 1.165) is 10.9 Å². The third-order valence-corrected chi connectivity index (χ3v) is 7.80. The third-order valence-electron chi connectivity index (χ3n) is 5.82. The van der Waals surface area contributed by atoms with Crippen molar-refractivity contribution in [3.63, 3.8) is 0 Å². The van der Waals surface area contributed by atoms with Gasteiger partial charge in [-0.15, -0.1) is 0 Å². The Kier molecular flexibility index (Phi) is 6.47. The van der Waals surface area contributed by atoms with Crippen LogP contribution in [0.15, 0.2) is 94.9 Å². The molecule has 35 heavy (non-hydrogen) atoms. The highest BCUT2D eigenvalue weighted by atomic mass is 35.5. The Morgan fingerprint density at radius 1 is 0.943 bits per heavy atom. The molecule has 1 heterocycles. The van der Waals surface area contributed by atoms with Gasteiger partial charge in [0.1, 0.15) is 12.4 Å². The number of aromatic nitrogens is 2. The van der Waals surface area contributed by atoms with Crippen LogP contribution in [0.4, 0.5) is 0 Å². The summed E-state index contributed by atoms with van der Waals surface area (Å²) in [7, 11) is -2.09. The number of hydrogen-bond acceptors (Lipinski definition) is 5. The molecule has 1 N–H and O–H groups in total. The van der Waals surface area contributed by atoms with Crippen LogP contribution < -0.4 is 10.1 Å². The average Bonchev–Trinajstić information content (AvgIpc) is 3.22. The van der Waals surface area contributed by atoms with Crippen LogP contribution in [-0.2, 0) is 16.4 Å². The van der Waals surface area contributed by atoms with Crippen molar-refractivity contribution in [3.05, 3.63) is 95.5 Å². The van der Waals surface area contributed by atoms with Crippen molar-refractivity contribution in [2.45, 2.75) is 16.5 Å². The molecule has 0 saturated heterocycles. The summed E-state index contributed by atoms with van der Waals surface area (Å²) in [6.07, 6.45) is 0. The Morgan fingerprint density at radius 2 is 1.74 bits per heavy atom. The lowest BCUT2D eigenvalue weighted by molar-refractivity contribution is 0.319. The van der Waals surface area contributed by atoms with Crippen LogP contribution in [0.3, 0.4) is 0 Å². The lowest BCUT2D eigenvalue weighted by Crippen LogP contribution is -2.15. The molecule has 0 fully saturated rings. The van der Waals surface area contributed by atoms with Gasteiger partial charge in [-0.2, -0.15) is 5.10 Å². The first-order chi connectivity index (χ1) is 17.0. The van der Waals surface area contributed by atoms with Gasteiger partial charge in [0, 0.05) is 22.3 Å². The summed E-state index contributed by atoms with van der Waals surface area (Å²) in [5.41, 5.74) is 1.62. The summed E-state index contributed by atoms with van der Waals surface area (Å²) in [5, 5.41) is 10.3. The summed E-state index contributed by atoms with van der Waals surface area (Å²) >= 11 is 6.18. The first-order valence-corrected chi connectivity index (χ1v) is 13.1. The van der Waals surface area contributed by atoms with E-state index in [0.29, 0.717) is 46.8 Å². The molecule has 6 nitrogen and oxygen atoms in total. The normalized spacial score (nSPS) is 11.8. The van der Waals surface area contributed by atoms with Gasteiger partial charge < -0.3 is 10.1 Å². The van der Waals surface area contributed by atoms with Crippen LogP contribution in [0, 0.1) is 0 Å². The molecule has 5 rings (SSSR count). The van der Waals surface area contributed by atoms with E-state index in [1.54, 1.807) is 28.9 Å². The molecule has 0 saturated carbocycles. The molecule has 0 atom stereocenters. The molecular weight excluding hydrogens is 482 g/mol. The lowest BCUT2D eigenvalue weighted by atomic mass is 10.1. The van der Waals surface area contributed by atoms with Gasteiger partial charge in [0.15, 0.2) is 5.03 Å². The fourth-order valence-corrected chi connectivity index (χ4v) is 5.96. The van der Waals surface area contributed by atoms with Crippen LogP contribution in [0.5, 0.6) is 5.75 Å². The van der Waals surface area contributed by atoms with Gasteiger partial charge in [0.2, 0.25) is 9.84 Å². The minimum atomic E-state index is -3.94. The molecule has 0 radical (unpaired) electrons. The molecule has 0 unspecified atom stereocenters. The van der Waals surface area contributed by atoms with Crippen LogP contribution in [0.1, 0.15) is 5.56 Å². The summed E-state index contributed by atoms with van der Waals surface area (Å²) in [4.78, 5) is 0.228. The molecule has 0 bridgehead atoms. The maximum absolute atomic E-state index is 14.0. The van der Waals surface area contributed by atoms with Crippen LogP contribution in [0.2, 0.25) is 5.02 Å². The topological polar surface area (TPSA) is 73.2 Å². The van der Waals surface area contributed by atoms with Crippen molar-refractivity contribution in [2.24, 2.45) is 0 Å². The second-order valence-electron chi connectivity index (χ2n) is 8.20. The molecular formula is C27H24ClN3O3S. The first-order valence-electron chi connectivity index (χ1n) is 11.2. The van der Waals surface area contributed by atoms with Crippen molar-refractivity contribution in [1.82, 2.24) is 15.1 Å².